The van der Waals surface area contributed by atoms with Gasteiger partial charge in [0, 0.05) is 26.6 Å². The van der Waals surface area contributed by atoms with Gasteiger partial charge in [-0.15, -0.1) is 0 Å². The molecular weight excluding hydrogens is 144 g/mol. The van der Waals surface area contributed by atoms with Gasteiger partial charge in [0.05, 0.1) is 0 Å². The van der Waals surface area contributed by atoms with E-state index in [0.29, 0.717) is 5.04 Å². The average Bonchev–Trinajstić information content (AvgIpc) is 1.59. The molecule has 3 heteroatoms. The molecular formula is C5H12Si3. The Balaban J connectivity index is 3.11. The minimum absolute atomic E-state index is 0.599. The second-order valence-corrected chi connectivity index (χ2v) is 10.5. The molecule has 0 unspecified atom stereocenters. The Bertz CT molecular complexity index is 55.2. The fourth-order valence-electron chi connectivity index (χ4n) is 0.250. The van der Waals surface area contributed by atoms with Crippen LogP contribution in [0.15, 0.2) is 0 Å². The number of hydrogen-bond donors (Lipinski definition) is 0. The van der Waals surface area contributed by atoms with Gasteiger partial charge >= 0.3 is 0 Å². The molecule has 0 aromatic heterocycles. The third-order valence-electron chi connectivity index (χ3n) is 0.562. The number of rotatable bonds is 2. The zero-order valence-corrected chi connectivity index (χ0v) is 9.00. The van der Waals surface area contributed by atoms with Gasteiger partial charge in [0.1, 0.15) is 0 Å². The van der Waals surface area contributed by atoms with Crippen LogP contribution in [-0.2, 0) is 0 Å². The van der Waals surface area contributed by atoms with E-state index in [0.717, 1.165) is 0 Å². The smallest absolute Gasteiger partial charge is 0.0257 e. The molecule has 6 radical (unpaired) electrons. The van der Waals surface area contributed by atoms with Crippen LogP contribution in [0.25, 0.3) is 0 Å². The Morgan fingerprint density at radius 2 is 1.62 bits per heavy atom. The molecule has 0 N–H and O–H groups in total. The summed E-state index contributed by atoms with van der Waals surface area (Å²) in [7, 11) is 3.58. The van der Waals surface area contributed by atoms with Crippen LogP contribution in [0.4, 0.5) is 0 Å². The maximum absolute atomic E-state index is 2.32. The van der Waals surface area contributed by atoms with Crippen LogP contribution >= 0.6 is 0 Å². The molecule has 0 spiro atoms. The Hall–Kier alpha value is 0.651. The Labute approximate surface area is 59.5 Å². The lowest BCUT2D eigenvalue weighted by atomic mass is 10.3. The van der Waals surface area contributed by atoms with E-state index in [2.05, 4.69) is 27.3 Å². The fourth-order valence-corrected chi connectivity index (χ4v) is 6.75. The Morgan fingerprint density at radius 1 is 1.12 bits per heavy atom. The molecule has 0 atom stereocenters. The van der Waals surface area contributed by atoms with Crippen LogP contribution in [0.2, 0.25) is 11.6 Å². The second-order valence-electron chi connectivity index (χ2n) is 2.75. The van der Waals surface area contributed by atoms with Crippen molar-refractivity contribution in [3.8, 4) is 0 Å². The largest absolute Gasteiger partial charge is 0.0761 e. The van der Waals surface area contributed by atoms with Gasteiger partial charge < -0.3 is 0 Å². The quantitative estimate of drug-likeness (QED) is 0.527. The molecule has 0 aromatic carbocycles. The molecule has 0 saturated heterocycles. The Kier molecular flexibility index (Phi) is 3.93. The lowest BCUT2D eigenvalue weighted by Gasteiger charge is -2.14. The molecule has 8 heavy (non-hydrogen) atoms. The predicted molar refractivity (Wildman–Crippen MR) is 42.8 cm³/mol. The summed E-state index contributed by atoms with van der Waals surface area (Å²) >= 11 is 0. The SMILES string of the molecule is C[Si][Si][Si]C(C)(C)C. The van der Waals surface area contributed by atoms with Gasteiger partial charge in [0.15, 0.2) is 0 Å². The van der Waals surface area contributed by atoms with Crippen LogP contribution in [-0.4, -0.2) is 26.6 Å². The van der Waals surface area contributed by atoms with Gasteiger partial charge in [0.2, 0.25) is 0 Å². The summed E-state index contributed by atoms with van der Waals surface area (Å²) in [4.78, 5) is 0. The van der Waals surface area contributed by atoms with E-state index in [1.807, 2.05) is 0 Å². The van der Waals surface area contributed by atoms with Crippen molar-refractivity contribution >= 4 is 26.6 Å². The molecule has 0 aliphatic rings. The average molecular weight is 156 g/mol. The fraction of sp³-hybridized carbons (Fsp3) is 1.00. The predicted octanol–water partition coefficient (Wildman–Crippen LogP) is 1.20. The molecule has 0 heterocycles. The summed E-state index contributed by atoms with van der Waals surface area (Å²) < 4.78 is 0. The maximum atomic E-state index is 2.32. The van der Waals surface area contributed by atoms with E-state index in [1.54, 1.807) is 0 Å². The first-order chi connectivity index (χ1) is 3.56. The highest BCUT2D eigenvalue weighted by Gasteiger charge is 2.08. The standard InChI is InChI=1S/C5H12Si3/c1-5(2,3)7-8-6-4/h1-4H3. The first-order valence-corrected chi connectivity index (χ1v) is 8.25. The van der Waals surface area contributed by atoms with Crippen LogP contribution in [0.5, 0.6) is 0 Å². The first-order valence-electron chi connectivity index (χ1n) is 2.75. The molecule has 0 fully saturated rings. The lowest BCUT2D eigenvalue weighted by Crippen LogP contribution is -2.19. The summed E-state index contributed by atoms with van der Waals surface area (Å²) in [6.45, 7) is 9.24. The topological polar surface area (TPSA) is 0 Å². The molecule has 0 aromatic rings. The van der Waals surface area contributed by atoms with Gasteiger partial charge in [-0.25, -0.2) is 0 Å². The van der Waals surface area contributed by atoms with E-state index in [9.17, 15) is 0 Å². The zero-order chi connectivity index (χ0) is 6.62. The Morgan fingerprint density at radius 3 is 1.75 bits per heavy atom. The third kappa shape index (κ3) is 6.65. The van der Waals surface area contributed by atoms with Crippen molar-refractivity contribution in [3.05, 3.63) is 0 Å². The highest BCUT2D eigenvalue weighted by atomic mass is 29.5. The highest BCUT2D eigenvalue weighted by molar-refractivity contribution is 7.29. The summed E-state index contributed by atoms with van der Waals surface area (Å²) in [5.41, 5.74) is 0. The molecule has 44 valence electrons. The maximum Gasteiger partial charge on any atom is 0.0257 e. The summed E-state index contributed by atoms with van der Waals surface area (Å²) in [5.74, 6) is 0. The van der Waals surface area contributed by atoms with E-state index in [4.69, 9.17) is 0 Å². The van der Waals surface area contributed by atoms with Crippen LogP contribution in [0, 0.1) is 0 Å². The van der Waals surface area contributed by atoms with Crippen molar-refractivity contribution in [2.24, 2.45) is 0 Å². The minimum atomic E-state index is 0.599. The normalized spacial score (nSPS) is 12.0. The van der Waals surface area contributed by atoms with Gasteiger partial charge in [0.25, 0.3) is 0 Å². The lowest BCUT2D eigenvalue weighted by molar-refractivity contribution is 0.763. The van der Waals surface area contributed by atoms with E-state index >= 15 is 0 Å². The molecule has 0 amide bonds. The molecule has 0 aliphatic heterocycles. The third-order valence-corrected chi connectivity index (χ3v) is 8.44. The van der Waals surface area contributed by atoms with E-state index in [1.165, 1.54) is 26.6 Å². The van der Waals surface area contributed by atoms with Crippen molar-refractivity contribution in [2.45, 2.75) is 32.4 Å². The minimum Gasteiger partial charge on any atom is -0.0761 e. The summed E-state index contributed by atoms with van der Waals surface area (Å²) in [5, 5.41) is 0.599. The number of hydrogen-bond acceptors (Lipinski definition) is 0. The van der Waals surface area contributed by atoms with E-state index in [-0.39, 0.29) is 0 Å². The van der Waals surface area contributed by atoms with Gasteiger partial charge in [-0.3, -0.25) is 0 Å². The first kappa shape index (κ1) is 8.65. The van der Waals surface area contributed by atoms with Crippen molar-refractivity contribution in [1.82, 2.24) is 0 Å². The molecule has 0 nitrogen and oxygen atoms in total. The molecule has 0 saturated carbocycles. The van der Waals surface area contributed by atoms with Crippen molar-refractivity contribution in [3.63, 3.8) is 0 Å². The van der Waals surface area contributed by atoms with Gasteiger partial charge in [-0.2, -0.15) is 0 Å². The van der Waals surface area contributed by atoms with Gasteiger partial charge in [-0.05, 0) is 5.04 Å². The monoisotopic (exact) mass is 156 g/mol. The zero-order valence-electron chi connectivity index (χ0n) is 6.00. The second kappa shape index (κ2) is 3.63. The van der Waals surface area contributed by atoms with Crippen molar-refractivity contribution in [1.29, 1.82) is 0 Å². The van der Waals surface area contributed by atoms with Crippen LogP contribution < -0.4 is 0 Å². The van der Waals surface area contributed by atoms with Gasteiger partial charge in [-0.1, -0.05) is 27.3 Å². The van der Waals surface area contributed by atoms with Crippen LogP contribution in [0.3, 0.4) is 0 Å². The summed E-state index contributed by atoms with van der Waals surface area (Å²) in [6, 6.07) is 0. The van der Waals surface area contributed by atoms with Crippen molar-refractivity contribution in [2.75, 3.05) is 0 Å². The van der Waals surface area contributed by atoms with Crippen LogP contribution in [0.1, 0.15) is 20.8 Å². The highest BCUT2D eigenvalue weighted by Crippen LogP contribution is 2.18. The molecule has 0 bridgehead atoms. The van der Waals surface area contributed by atoms with E-state index < -0.39 is 0 Å². The summed E-state index contributed by atoms with van der Waals surface area (Å²) in [6.07, 6.45) is 0. The van der Waals surface area contributed by atoms with Crippen molar-refractivity contribution < 1.29 is 0 Å². The molecule has 0 aliphatic carbocycles. The molecule has 0 rings (SSSR count).